The number of aromatic amines is 2. The third kappa shape index (κ3) is 3.32. The van der Waals surface area contributed by atoms with Gasteiger partial charge in [-0.25, -0.2) is 4.98 Å². The number of piperidine rings is 1. The van der Waals surface area contributed by atoms with Gasteiger partial charge < -0.3 is 19.4 Å². The number of amides is 1. The Balaban J connectivity index is 1.15. The molecule has 8 heteroatoms. The van der Waals surface area contributed by atoms with Crippen LogP contribution in [0.15, 0.2) is 24.4 Å². The summed E-state index contributed by atoms with van der Waals surface area (Å²) in [5.41, 5.74) is 5.06. The Labute approximate surface area is 168 Å². The molecule has 0 bridgehead atoms. The first-order valence-corrected chi connectivity index (χ1v) is 10.1. The average Bonchev–Trinajstić information content (AvgIpc) is 3.37. The number of carbonyl (C=O) groups is 1. The number of benzene rings is 1. The third-order valence-electron chi connectivity index (χ3n) is 6.07. The SMILES string of the molecule is Cc1cccc2[nH]c(COCC(=O)N3CCC4(CC3)OCCc3cn[nH]c34)nc12. The Hall–Kier alpha value is -2.71. The van der Waals surface area contributed by atoms with Crippen molar-refractivity contribution >= 4 is 16.9 Å². The van der Waals surface area contributed by atoms with Gasteiger partial charge in [-0.1, -0.05) is 12.1 Å². The van der Waals surface area contributed by atoms with Gasteiger partial charge in [0, 0.05) is 13.1 Å². The lowest BCUT2D eigenvalue weighted by atomic mass is 9.84. The summed E-state index contributed by atoms with van der Waals surface area (Å²) >= 11 is 0. The maximum absolute atomic E-state index is 12.6. The van der Waals surface area contributed by atoms with Gasteiger partial charge in [0.15, 0.2) is 0 Å². The van der Waals surface area contributed by atoms with Gasteiger partial charge in [-0.05, 0) is 43.4 Å². The summed E-state index contributed by atoms with van der Waals surface area (Å²) in [5.74, 6) is 0.745. The van der Waals surface area contributed by atoms with E-state index in [1.165, 1.54) is 5.56 Å². The molecule has 2 aliphatic rings. The number of imidazole rings is 1. The van der Waals surface area contributed by atoms with Gasteiger partial charge >= 0.3 is 0 Å². The molecule has 8 nitrogen and oxygen atoms in total. The highest BCUT2D eigenvalue weighted by Gasteiger charge is 2.43. The first-order valence-electron chi connectivity index (χ1n) is 10.1. The summed E-state index contributed by atoms with van der Waals surface area (Å²) in [4.78, 5) is 22.3. The van der Waals surface area contributed by atoms with Crippen LogP contribution in [0.3, 0.4) is 0 Å². The molecule has 3 aromatic rings. The van der Waals surface area contributed by atoms with E-state index in [-0.39, 0.29) is 24.7 Å². The number of fused-ring (bicyclic) bond motifs is 3. The van der Waals surface area contributed by atoms with Gasteiger partial charge in [0.25, 0.3) is 0 Å². The fourth-order valence-corrected chi connectivity index (χ4v) is 4.46. The molecule has 2 N–H and O–H groups in total. The van der Waals surface area contributed by atoms with Crippen molar-refractivity contribution in [2.24, 2.45) is 0 Å². The molecule has 0 aliphatic carbocycles. The van der Waals surface area contributed by atoms with E-state index in [1.54, 1.807) is 0 Å². The van der Waals surface area contributed by atoms with E-state index in [9.17, 15) is 4.79 Å². The zero-order valence-corrected chi connectivity index (χ0v) is 16.5. The number of nitrogens with zero attached hydrogens (tertiary/aromatic N) is 3. The van der Waals surface area contributed by atoms with Crippen molar-refractivity contribution in [3.63, 3.8) is 0 Å². The molecular weight excluding hydrogens is 370 g/mol. The maximum atomic E-state index is 12.6. The molecule has 0 atom stereocenters. The molecule has 1 aromatic carbocycles. The summed E-state index contributed by atoms with van der Waals surface area (Å²) < 4.78 is 11.8. The van der Waals surface area contributed by atoms with E-state index >= 15 is 0 Å². The lowest BCUT2D eigenvalue weighted by Crippen LogP contribution is -2.49. The molecule has 152 valence electrons. The minimum atomic E-state index is -0.326. The molecule has 29 heavy (non-hydrogen) atoms. The lowest BCUT2D eigenvalue weighted by molar-refractivity contribution is -0.146. The predicted molar refractivity (Wildman–Crippen MR) is 106 cm³/mol. The molecule has 2 aromatic heterocycles. The van der Waals surface area contributed by atoms with Crippen LogP contribution in [0.2, 0.25) is 0 Å². The number of carbonyl (C=O) groups excluding carboxylic acids is 1. The Kier molecular flexibility index (Phi) is 4.60. The van der Waals surface area contributed by atoms with Crippen LogP contribution in [0.25, 0.3) is 11.0 Å². The normalized spacial score (nSPS) is 18.3. The molecule has 2 aliphatic heterocycles. The van der Waals surface area contributed by atoms with E-state index in [4.69, 9.17) is 9.47 Å². The fraction of sp³-hybridized carbons (Fsp3) is 0.476. The van der Waals surface area contributed by atoms with Crippen molar-refractivity contribution in [2.75, 3.05) is 26.3 Å². The smallest absolute Gasteiger partial charge is 0.248 e. The van der Waals surface area contributed by atoms with Crippen LogP contribution < -0.4 is 0 Å². The Morgan fingerprint density at radius 1 is 1.34 bits per heavy atom. The van der Waals surface area contributed by atoms with Crippen molar-refractivity contribution in [1.82, 2.24) is 25.1 Å². The van der Waals surface area contributed by atoms with E-state index < -0.39 is 0 Å². The number of likely N-dealkylation sites (tertiary alicyclic amines) is 1. The second-order valence-electron chi connectivity index (χ2n) is 7.89. The number of rotatable bonds is 4. The maximum Gasteiger partial charge on any atom is 0.248 e. The highest BCUT2D eigenvalue weighted by Crippen LogP contribution is 2.40. The summed E-state index contributed by atoms with van der Waals surface area (Å²) in [6.45, 7) is 4.40. The second-order valence-corrected chi connectivity index (χ2v) is 7.89. The van der Waals surface area contributed by atoms with Crippen molar-refractivity contribution in [1.29, 1.82) is 0 Å². The fourth-order valence-electron chi connectivity index (χ4n) is 4.46. The number of para-hydroxylation sites is 1. The highest BCUT2D eigenvalue weighted by molar-refractivity contribution is 5.78. The molecule has 0 saturated carbocycles. The van der Waals surface area contributed by atoms with Crippen molar-refractivity contribution < 1.29 is 14.3 Å². The molecule has 0 unspecified atom stereocenters. The minimum absolute atomic E-state index is 0.00721. The topological polar surface area (TPSA) is 96.1 Å². The largest absolute Gasteiger partial charge is 0.368 e. The molecule has 1 amide bonds. The minimum Gasteiger partial charge on any atom is -0.368 e. The van der Waals surface area contributed by atoms with Gasteiger partial charge in [0.2, 0.25) is 5.91 Å². The number of ether oxygens (including phenoxy) is 2. The van der Waals surface area contributed by atoms with Gasteiger partial charge in [-0.15, -0.1) is 0 Å². The van der Waals surface area contributed by atoms with E-state index in [1.807, 2.05) is 36.2 Å². The van der Waals surface area contributed by atoms with Gasteiger partial charge in [0.1, 0.15) is 24.6 Å². The number of hydrogen-bond acceptors (Lipinski definition) is 5. The highest BCUT2D eigenvalue weighted by atomic mass is 16.5. The van der Waals surface area contributed by atoms with Gasteiger partial charge in [-0.3, -0.25) is 9.89 Å². The van der Waals surface area contributed by atoms with Crippen LogP contribution in [-0.4, -0.2) is 57.3 Å². The predicted octanol–water partition coefficient (Wildman–Crippen LogP) is 2.20. The molecule has 1 fully saturated rings. The average molecular weight is 395 g/mol. The number of hydrogen-bond donors (Lipinski definition) is 2. The standard InChI is InChI=1S/C21H25N5O3/c1-14-3-2-4-16-19(14)24-17(23-16)12-28-13-18(27)26-8-6-21(7-9-26)20-15(5-10-29-21)11-22-25-20/h2-4,11H,5-10,12-13H2,1H3,(H,22,25)(H,23,24). The van der Waals surface area contributed by atoms with E-state index in [2.05, 4.69) is 20.2 Å². The lowest BCUT2D eigenvalue weighted by Gasteiger charge is -2.43. The monoisotopic (exact) mass is 395 g/mol. The molecular formula is C21H25N5O3. The zero-order chi connectivity index (χ0) is 19.8. The Morgan fingerprint density at radius 2 is 2.21 bits per heavy atom. The zero-order valence-electron chi connectivity index (χ0n) is 16.5. The Morgan fingerprint density at radius 3 is 3.03 bits per heavy atom. The number of aryl methyl sites for hydroxylation is 1. The van der Waals surface area contributed by atoms with Crippen LogP contribution in [0, 0.1) is 6.92 Å². The van der Waals surface area contributed by atoms with Crippen LogP contribution in [0.1, 0.15) is 35.5 Å². The number of aromatic nitrogens is 4. The number of H-pyrrole nitrogens is 2. The second kappa shape index (κ2) is 7.27. The van der Waals surface area contributed by atoms with Crippen molar-refractivity contribution in [3.05, 3.63) is 47.0 Å². The molecule has 4 heterocycles. The Bertz CT molecular complexity index is 1030. The molecule has 1 spiro atoms. The molecule has 0 radical (unpaired) electrons. The summed E-state index contributed by atoms with van der Waals surface area (Å²) in [6, 6.07) is 6.02. The summed E-state index contributed by atoms with van der Waals surface area (Å²) in [7, 11) is 0. The van der Waals surface area contributed by atoms with E-state index in [0.717, 1.165) is 47.4 Å². The van der Waals surface area contributed by atoms with Crippen molar-refractivity contribution in [3.8, 4) is 0 Å². The van der Waals surface area contributed by atoms with Crippen LogP contribution in [0.5, 0.6) is 0 Å². The first kappa shape index (κ1) is 18.3. The van der Waals surface area contributed by atoms with E-state index in [0.29, 0.717) is 19.7 Å². The molecule has 5 rings (SSSR count). The van der Waals surface area contributed by atoms with Crippen molar-refractivity contribution in [2.45, 2.75) is 38.4 Å². The third-order valence-corrected chi connectivity index (χ3v) is 6.07. The van der Waals surface area contributed by atoms with Crippen LogP contribution >= 0.6 is 0 Å². The van der Waals surface area contributed by atoms with Gasteiger partial charge in [-0.2, -0.15) is 5.10 Å². The van der Waals surface area contributed by atoms with Crippen LogP contribution in [0.4, 0.5) is 0 Å². The summed E-state index contributed by atoms with van der Waals surface area (Å²) in [5, 5.41) is 7.30. The molecule has 1 saturated heterocycles. The summed E-state index contributed by atoms with van der Waals surface area (Å²) in [6.07, 6.45) is 4.34. The number of nitrogens with one attached hydrogen (secondary N) is 2. The van der Waals surface area contributed by atoms with Gasteiger partial charge in [0.05, 0.1) is 29.5 Å². The van der Waals surface area contributed by atoms with Crippen LogP contribution in [-0.2, 0) is 32.9 Å². The first-order chi connectivity index (χ1) is 14.1. The quantitative estimate of drug-likeness (QED) is 0.706.